The molecule has 0 fully saturated rings. The highest BCUT2D eigenvalue weighted by Crippen LogP contribution is 2.49. The Bertz CT molecular complexity index is 3230. The first-order valence-corrected chi connectivity index (χ1v) is 19.7. The van der Waals surface area contributed by atoms with E-state index in [0.717, 1.165) is 16.7 Å². The minimum Gasteiger partial charge on any atom is -0.487 e. The van der Waals surface area contributed by atoms with E-state index in [1.807, 2.05) is 48.5 Å². The standard InChI is InChI=1S/C51H45F2NO3/c1-24-25(2)31(8)46-39(28(24)5)40-29(6)26(3)30(7)41-42-33(10)36(27(4)32(9)47(42)54(46)48(40)41)21-22-56-50-38(52)23-37-43(34-17-13-11-14-18-34)44(35-19-15-12-16-20-35)51(55)57-49(37)45(50)53/h11-20,23H,21-22H2,1-10H3. The van der Waals surface area contributed by atoms with E-state index >= 15 is 8.78 Å². The molecular formula is C51H45F2NO3. The predicted molar refractivity (Wildman–Crippen MR) is 231 cm³/mol. The summed E-state index contributed by atoms with van der Waals surface area (Å²) in [6, 6.07) is 19.4. The molecule has 286 valence electrons. The second kappa shape index (κ2) is 13.0. The molecule has 6 aromatic carbocycles. The average molecular weight is 758 g/mol. The second-order valence-corrected chi connectivity index (χ2v) is 16.0. The minimum atomic E-state index is -1.03. The molecule has 9 aromatic rings. The summed E-state index contributed by atoms with van der Waals surface area (Å²) in [4.78, 5) is 13.6. The number of halogens is 2. The number of ether oxygens (including phenoxy) is 1. The molecule has 3 aromatic heterocycles. The SMILES string of the molecule is Cc1c(C)c(C)c2c(c1C)c1c(C)c(C)c(C)c3c4c(C)c(CCOc5c(F)cc6c(-c7ccccc7)c(-c7ccccc7)c(=O)oc6c5F)c(C)c(C)c4n2c13. The highest BCUT2D eigenvalue weighted by molar-refractivity contribution is 6.28. The third-order valence-corrected chi connectivity index (χ3v) is 13.4. The molecule has 6 heteroatoms. The van der Waals surface area contributed by atoms with Gasteiger partial charge in [-0.1, -0.05) is 60.7 Å². The Morgan fingerprint density at radius 3 is 1.61 bits per heavy atom. The maximum Gasteiger partial charge on any atom is 0.344 e. The summed E-state index contributed by atoms with van der Waals surface area (Å²) in [6.07, 6.45) is 0.425. The van der Waals surface area contributed by atoms with Crippen LogP contribution in [0.5, 0.6) is 5.75 Å². The van der Waals surface area contributed by atoms with Gasteiger partial charge in [0.1, 0.15) is 0 Å². The zero-order chi connectivity index (χ0) is 40.3. The lowest BCUT2D eigenvalue weighted by Crippen LogP contribution is -2.10. The predicted octanol–water partition coefficient (Wildman–Crippen LogP) is 13.3. The van der Waals surface area contributed by atoms with Crippen molar-refractivity contribution < 1.29 is 17.9 Å². The molecule has 9 rings (SSSR count). The van der Waals surface area contributed by atoms with E-state index in [-0.39, 0.29) is 23.1 Å². The smallest absolute Gasteiger partial charge is 0.344 e. The molecular weight excluding hydrogens is 713 g/mol. The van der Waals surface area contributed by atoms with Gasteiger partial charge in [-0.25, -0.2) is 9.18 Å². The number of aryl methyl sites for hydroxylation is 6. The van der Waals surface area contributed by atoms with Crippen molar-refractivity contribution in [1.82, 2.24) is 4.40 Å². The van der Waals surface area contributed by atoms with Crippen LogP contribution in [0.1, 0.15) is 61.2 Å². The lowest BCUT2D eigenvalue weighted by Gasteiger charge is -2.19. The van der Waals surface area contributed by atoms with Crippen molar-refractivity contribution in [2.75, 3.05) is 6.61 Å². The van der Waals surface area contributed by atoms with Gasteiger partial charge >= 0.3 is 5.63 Å². The molecule has 0 atom stereocenters. The van der Waals surface area contributed by atoms with Crippen LogP contribution in [0.4, 0.5) is 8.78 Å². The minimum absolute atomic E-state index is 0.0183. The maximum atomic E-state index is 16.5. The summed E-state index contributed by atoms with van der Waals surface area (Å²) >= 11 is 0. The Labute approximate surface area is 330 Å². The Morgan fingerprint density at radius 2 is 1.04 bits per heavy atom. The Balaban J connectivity index is 1.18. The summed E-state index contributed by atoms with van der Waals surface area (Å²) < 4.78 is 46.8. The van der Waals surface area contributed by atoms with Crippen molar-refractivity contribution in [3.05, 3.63) is 150 Å². The highest BCUT2D eigenvalue weighted by Gasteiger charge is 2.29. The second-order valence-electron chi connectivity index (χ2n) is 16.0. The molecule has 0 amide bonds. The summed E-state index contributed by atoms with van der Waals surface area (Å²) in [5, 5.41) is 5.31. The number of hydrogen-bond donors (Lipinski definition) is 0. The van der Waals surface area contributed by atoms with E-state index in [0.29, 0.717) is 23.1 Å². The molecule has 57 heavy (non-hydrogen) atoms. The molecule has 0 N–H and O–H groups in total. The maximum absolute atomic E-state index is 16.5. The number of benzene rings is 6. The van der Waals surface area contributed by atoms with Gasteiger partial charge in [0.25, 0.3) is 0 Å². The van der Waals surface area contributed by atoms with E-state index in [2.05, 4.69) is 73.6 Å². The Hall–Kier alpha value is -6.01. The first-order valence-electron chi connectivity index (χ1n) is 19.7. The summed E-state index contributed by atoms with van der Waals surface area (Å²) in [7, 11) is 0. The number of fused-ring (bicyclic) bond motifs is 7. The van der Waals surface area contributed by atoms with Crippen LogP contribution in [-0.2, 0) is 6.42 Å². The van der Waals surface area contributed by atoms with Gasteiger partial charge in [0, 0.05) is 38.9 Å². The molecule has 0 bridgehead atoms. The number of nitrogens with zero attached hydrogens (tertiary/aromatic N) is 1. The van der Waals surface area contributed by atoms with Gasteiger partial charge in [-0.3, -0.25) is 0 Å². The van der Waals surface area contributed by atoms with E-state index in [9.17, 15) is 4.79 Å². The van der Waals surface area contributed by atoms with Crippen LogP contribution in [0.15, 0.2) is 75.9 Å². The molecule has 0 saturated heterocycles. The molecule has 0 aliphatic carbocycles. The van der Waals surface area contributed by atoms with Crippen molar-refractivity contribution >= 4 is 49.1 Å². The van der Waals surface area contributed by atoms with Gasteiger partial charge in [0.05, 0.1) is 28.7 Å². The van der Waals surface area contributed by atoms with E-state index in [1.54, 1.807) is 12.1 Å². The van der Waals surface area contributed by atoms with Crippen LogP contribution in [0, 0.1) is 80.9 Å². The third-order valence-electron chi connectivity index (χ3n) is 13.4. The van der Waals surface area contributed by atoms with E-state index < -0.39 is 23.0 Å². The van der Waals surface area contributed by atoms with Crippen LogP contribution in [0.2, 0.25) is 0 Å². The van der Waals surface area contributed by atoms with Gasteiger partial charge < -0.3 is 13.6 Å². The molecule has 0 radical (unpaired) electrons. The molecule has 3 heterocycles. The molecule has 0 aliphatic heterocycles. The van der Waals surface area contributed by atoms with Gasteiger partial charge in [-0.15, -0.1) is 0 Å². The molecule has 0 aliphatic rings. The average Bonchev–Trinajstić information content (AvgIpc) is 3.74. The van der Waals surface area contributed by atoms with E-state index in [1.165, 1.54) is 88.7 Å². The van der Waals surface area contributed by atoms with Crippen molar-refractivity contribution in [2.24, 2.45) is 0 Å². The van der Waals surface area contributed by atoms with Crippen LogP contribution >= 0.6 is 0 Å². The monoisotopic (exact) mass is 757 g/mol. The molecule has 4 nitrogen and oxygen atoms in total. The van der Waals surface area contributed by atoms with Crippen LogP contribution in [0.25, 0.3) is 71.3 Å². The summed E-state index contributed by atoms with van der Waals surface area (Å²) in [5.74, 6) is -2.46. The van der Waals surface area contributed by atoms with Gasteiger partial charge in [-0.2, -0.15) is 4.39 Å². The van der Waals surface area contributed by atoms with Gasteiger partial charge in [0.15, 0.2) is 17.1 Å². The fourth-order valence-corrected chi connectivity index (χ4v) is 9.76. The first-order chi connectivity index (χ1) is 27.3. The first kappa shape index (κ1) is 36.6. The summed E-state index contributed by atoms with van der Waals surface area (Å²) in [6.45, 7) is 22.2. The highest BCUT2D eigenvalue weighted by atomic mass is 19.1. The van der Waals surface area contributed by atoms with Crippen LogP contribution < -0.4 is 10.4 Å². The van der Waals surface area contributed by atoms with E-state index in [4.69, 9.17) is 9.15 Å². The zero-order valence-electron chi connectivity index (χ0n) is 34.2. The van der Waals surface area contributed by atoms with Gasteiger partial charge in [-0.05, 0) is 148 Å². The topological polar surface area (TPSA) is 43.8 Å². The fraction of sp³-hybridized carbons (Fsp3) is 0.235. The molecule has 0 saturated carbocycles. The van der Waals surface area contributed by atoms with Crippen molar-refractivity contribution in [1.29, 1.82) is 0 Å². The molecule has 0 spiro atoms. The van der Waals surface area contributed by atoms with Crippen molar-refractivity contribution in [3.8, 4) is 28.0 Å². The lowest BCUT2D eigenvalue weighted by molar-refractivity contribution is 0.287. The van der Waals surface area contributed by atoms with Gasteiger partial charge in [0.2, 0.25) is 5.82 Å². The zero-order valence-corrected chi connectivity index (χ0v) is 34.2. The van der Waals surface area contributed by atoms with Crippen molar-refractivity contribution in [2.45, 2.75) is 75.7 Å². The lowest BCUT2D eigenvalue weighted by atomic mass is 9.87. The largest absolute Gasteiger partial charge is 0.487 e. The quantitative estimate of drug-likeness (QED) is 0.159. The number of hydrogen-bond acceptors (Lipinski definition) is 3. The Kier molecular flexibility index (Phi) is 8.36. The van der Waals surface area contributed by atoms with Crippen LogP contribution in [-0.4, -0.2) is 11.0 Å². The fourth-order valence-electron chi connectivity index (χ4n) is 9.76. The van der Waals surface area contributed by atoms with Crippen molar-refractivity contribution in [3.63, 3.8) is 0 Å². The molecule has 0 unspecified atom stereocenters. The number of aromatic nitrogens is 1. The summed E-state index contributed by atoms with van der Waals surface area (Å²) in [5.41, 5.74) is 18.3. The normalized spacial score (nSPS) is 12.1. The third kappa shape index (κ3) is 4.98. The number of rotatable bonds is 6. The Morgan fingerprint density at radius 1 is 0.561 bits per heavy atom. The van der Waals surface area contributed by atoms with Crippen LogP contribution in [0.3, 0.4) is 0 Å².